The number of hydrogen-bond donors (Lipinski definition) is 1. The zero-order valence-electron chi connectivity index (χ0n) is 9.95. The van der Waals surface area contributed by atoms with Gasteiger partial charge in [-0.25, -0.2) is 0 Å². The predicted octanol–water partition coefficient (Wildman–Crippen LogP) is 1.78. The highest BCUT2D eigenvalue weighted by molar-refractivity contribution is 5.07. The number of rotatable bonds is 2. The van der Waals surface area contributed by atoms with E-state index in [4.69, 9.17) is 0 Å². The van der Waals surface area contributed by atoms with Crippen molar-refractivity contribution in [3.63, 3.8) is 0 Å². The Morgan fingerprint density at radius 2 is 1.88 bits per heavy atom. The van der Waals surface area contributed by atoms with Crippen LogP contribution in [0, 0.1) is 6.92 Å². The lowest BCUT2D eigenvalue weighted by molar-refractivity contribution is 0.323. The second-order valence-corrected chi connectivity index (χ2v) is 5.08. The van der Waals surface area contributed by atoms with Gasteiger partial charge in [0.25, 0.3) is 0 Å². The van der Waals surface area contributed by atoms with Crippen molar-refractivity contribution >= 4 is 0 Å². The predicted molar refractivity (Wildman–Crippen MR) is 62.5 cm³/mol. The Morgan fingerprint density at radius 3 is 2.50 bits per heavy atom. The van der Waals surface area contributed by atoms with Crippen molar-refractivity contribution in [1.82, 2.24) is 20.1 Å². The van der Waals surface area contributed by atoms with Gasteiger partial charge in [0, 0.05) is 12.0 Å². The molecule has 1 aliphatic heterocycles. The van der Waals surface area contributed by atoms with Gasteiger partial charge in [-0.05, 0) is 45.7 Å². The highest BCUT2D eigenvalue weighted by Gasteiger charge is 2.29. The summed E-state index contributed by atoms with van der Waals surface area (Å²) in [5.74, 6) is 3.06. The van der Waals surface area contributed by atoms with Crippen LogP contribution in [0.2, 0.25) is 0 Å². The molecule has 1 aromatic rings. The molecule has 1 saturated heterocycles. The summed E-state index contributed by atoms with van der Waals surface area (Å²) in [6.07, 6.45) is 6.42. The molecule has 0 amide bonds. The van der Waals surface area contributed by atoms with Crippen LogP contribution in [0.15, 0.2) is 0 Å². The summed E-state index contributed by atoms with van der Waals surface area (Å²) in [6.45, 7) is 4.36. The average Bonchev–Trinajstić information content (AvgIpc) is 2.59. The van der Waals surface area contributed by atoms with Crippen LogP contribution in [0.4, 0.5) is 0 Å². The fraction of sp³-hybridized carbons (Fsp3) is 0.833. The lowest BCUT2D eigenvalue weighted by Gasteiger charge is -2.30. The molecule has 0 radical (unpaired) electrons. The quantitative estimate of drug-likeness (QED) is 0.826. The van der Waals surface area contributed by atoms with Crippen molar-refractivity contribution < 1.29 is 0 Å². The third kappa shape index (κ3) is 1.65. The van der Waals surface area contributed by atoms with Gasteiger partial charge >= 0.3 is 0 Å². The van der Waals surface area contributed by atoms with E-state index in [0.29, 0.717) is 12.0 Å². The van der Waals surface area contributed by atoms with E-state index in [9.17, 15) is 0 Å². The van der Waals surface area contributed by atoms with Crippen LogP contribution in [-0.4, -0.2) is 27.9 Å². The third-order valence-electron chi connectivity index (χ3n) is 4.04. The maximum absolute atomic E-state index is 4.41. The fourth-order valence-corrected chi connectivity index (χ4v) is 2.85. The summed E-state index contributed by atoms with van der Waals surface area (Å²) in [6, 6.07) is 0.631. The smallest absolute Gasteiger partial charge is 0.136 e. The first-order chi connectivity index (χ1) is 7.86. The SMILES string of the molecule is Cc1nnc(C2CCC2)n1C1CCNCC1. The van der Waals surface area contributed by atoms with Gasteiger partial charge in [-0.2, -0.15) is 0 Å². The normalized spacial score (nSPS) is 23.3. The Bertz CT molecular complexity index is 361. The summed E-state index contributed by atoms with van der Waals surface area (Å²) in [4.78, 5) is 0. The van der Waals surface area contributed by atoms with E-state index in [-0.39, 0.29) is 0 Å². The number of hydrogen-bond acceptors (Lipinski definition) is 3. The molecular weight excluding hydrogens is 200 g/mol. The summed E-state index contributed by atoms with van der Waals surface area (Å²) < 4.78 is 2.42. The monoisotopic (exact) mass is 220 g/mol. The van der Waals surface area contributed by atoms with E-state index in [2.05, 4.69) is 27.0 Å². The maximum atomic E-state index is 4.41. The van der Waals surface area contributed by atoms with Crippen molar-refractivity contribution in [3.8, 4) is 0 Å². The van der Waals surface area contributed by atoms with Gasteiger partial charge in [0.1, 0.15) is 11.6 Å². The van der Waals surface area contributed by atoms with Crippen molar-refractivity contribution in [3.05, 3.63) is 11.6 Å². The Hall–Kier alpha value is -0.900. The van der Waals surface area contributed by atoms with Gasteiger partial charge in [-0.3, -0.25) is 0 Å². The second kappa shape index (κ2) is 4.17. The van der Waals surface area contributed by atoms with E-state index >= 15 is 0 Å². The van der Waals surface area contributed by atoms with Gasteiger partial charge in [0.15, 0.2) is 0 Å². The minimum absolute atomic E-state index is 0.631. The first-order valence-electron chi connectivity index (χ1n) is 6.48. The van der Waals surface area contributed by atoms with Crippen molar-refractivity contribution in [2.75, 3.05) is 13.1 Å². The van der Waals surface area contributed by atoms with E-state index < -0.39 is 0 Å². The molecule has 1 N–H and O–H groups in total. The van der Waals surface area contributed by atoms with Gasteiger partial charge < -0.3 is 9.88 Å². The van der Waals surface area contributed by atoms with Crippen LogP contribution in [-0.2, 0) is 0 Å². The maximum Gasteiger partial charge on any atom is 0.136 e. The first-order valence-corrected chi connectivity index (χ1v) is 6.48. The fourth-order valence-electron chi connectivity index (χ4n) is 2.85. The van der Waals surface area contributed by atoms with E-state index in [1.165, 1.54) is 37.9 Å². The molecule has 0 aromatic carbocycles. The molecule has 2 aliphatic rings. The van der Waals surface area contributed by atoms with E-state index in [0.717, 1.165) is 18.9 Å². The number of nitrogens with one attached hydrogen (secondary N) is 1. The highest BCUT2D eigenvalue weighted by atomic mass is 15.3. The minimum Gasteiger partial charge on any atom is -0.317 e. The molecule has 1 saturated carbocycles. The minimum atomic E-state index is 0.631. The van der Waals surface area contributed by atoms with Crippen molar-refractivity contribution in [1.29, 1.82) is 0 Å². The molecule has 1 aromatic heterocycles. The Labute approximate surface area is 96.4 Å². The van der Waals surface area contributed by atoms with Crippen LogP contribution in [0.1, 0.15) is 55.7 Å². The molecule has 88 valence electrons. The van der Waals surface area contributed by atoms with Crippen molar-refractivity contribution in [2.24, 2.45) is 0 Å². The van der Waals surface area contributed by atoms with Crippen LogP contribution in [0.5, 0.6) is 0 Å². The molecule has 1 aliphatic carbocycles. The van der Waals surface area contributed by atoms with Crippen LogP contribution in [0.3, 0.4) is 0 Å². The van der Waals surface area contributed by atoms with Gasteiger partial charge in [0.2, 0.25) is 0 Å². The first kappa shape index (κ1) is 10.3. The summed E-state index contributed by atoms with van der Waals surface area (Å²) in [7, 11) is 0. The highest BCUT2D eigenvalue weighted by Crippen LogP contribution is 2.37. The van der Waals surface area contributed by atoms with Crippen LogP contribution in [0.25, 0.3) is 0 Å². The number of nitrogens with zero attached hydrogens (tertiary/aromatic N) is 3. The molecule has 0 spiro atoms. The molecule has 16 heavy (non-hydrogen) atoms. The average molecular weight is 220 g/mol. The lowest BCUT2D eigenvalue weighted by atomic mass is 9.84. The van der Waals surface area contributed by atoms with Crippen molar-refractivity contribution in [2.45, 2.75) is 51.0 Å². The molecular formula is C12H20N4. The second-order valence-electron chi connectivity index (χ2n) is 5.08. The molecule has 0 bridgehead atoms. The Balaban J connectivity index is 1.88. The number of piperidine rings is 1. The number of aromatic nitrogens is 3. The lowest BCUT2D eigenvalue weighted by Crippen LogP contribution is -2.31. The topological polar surface area (TPSA) is 42.7 Å². The zero-order chi connectivity index (χ0) is 11.0. The zero-order valence-corrected chi connectivity index (χ0v) is 9.95. The van der Waals surface area contributed by atoms with E-state index in [1.807, 2.05) is 0 Å². The number of aryl methyl sites for hydroxylation is 1. The van der Waals surface area contributed by atoms with Gasteiger partial charge in [0.05, 0.1) is 0 Å². The molecule has 4 heteroatoms. The molecule has 4 nitrogen and oxygen atoms in total. The Kier molecular flexibility index (Phi) is 2.67. The van der Waals surface area contributed by atoms with E-state index in [1.54, 1.807) is 0 Å². The van der Waals surface area contributed by atoms with Gasteiger partial charge in [-0.15, -0.1) is 10.2 Å². The largest absolute Gasteiger partial charge is 0.317 e. The molecule has 0 unspecified atom stereocenters. The van der Waals surface area contributed by atoms with Gasteiger partial charge in [-0.1, -0.05) is 6.42 Å². The summed E-state index contributed by atoms with van der Waals surface area (Å²) in [5.41, 5.74) is 0. The molecule has 2 fully saturated rings. The summed E-state index contributed by atoms with van der Waals surface area (Å²) in [5, 5.41) is 12.1. The Morgan fingerprint density at radius 1 is 1.12 bits per heavy atom. The third-order valence-corrected chi connectivity index (χ3v) is 4.04. The molecule has 2 heterocycles. The summed E-state index contributed by atoms with van der Waals surface area (Å²) >= 11 is 0. The molecule has 3 rings (SSSR count). The van der Waals surface area contributed by atoms with Crippen LogP contribution < -0.4 is 5.32 Å². The van der Waals surface area contributed by atoms with Crippen LogP contribution >= 0.6 is 0 Å². The standard InChI is InChI=1S/C12H20N4/c1-9-14-15-12(10-3-2-4-10)16(9)11-5-7-13-8-6-11/h10-11,13H,2-8H2,1H3. The molecule has 0 atom stereocenters.